The van der Waals surface area contributed by atoms with Crippen LogP contribution in [0.2, 0.25) is 0 Å². The Hall–Kier alpha value is -1.88. The number of carbonyl (C=O) groups excluding carboxylic acids is 1. The van der Waals surface area contributed by atoms with E-state index in [4.69, 9.17) is 0 Å². The minimum absolute atomic E-state index is 0.244. The third-order valence-corrected chi connectivity index (χ3v) is 1.73. The van der Waals surface area contributed by atoms with E-state index in [-0.39, 0.29) is 5.82 Å². The number of alkyl halides is 6. The zero-order chi connectivity index (χ0) is 14.0. The molecule has 0 aliphatic carbocycles. The molecule has 0 atom stereocenters. The van der Waals surface area contributed by atoms with Crippen LogP contribution >= 0.6 is 0 Å². The van der Waals surface area contributed by atoms with Gasteiger partial charge in [-0.25, -0.2) is 0 Å². The molecular weight excluding hydrogens is 272 g/mol. The summed E-state index contributed by atoms with van der Waals surface area (Å²) < 4.78 is 72.6. The SMILES string of the molecule is O=C(NCc1nn[nH]n1)C(C(F)(F)F)C(F)(F)F. The number of hydrogen-bond acceptors (Lipinski definition) is 4. The van der Waals surface area contributed by atoms with E-state index in [1.54, 1.807) is 0 Å². The van der Waals surface area contributed by atoms with Crippen molar-refractivity contribution in [2.45, 2.75) is 18.9 Å². The molecule has 1 aromatic rings. The summed E-state index contributed by atoms with van der Waals surface area (Å²) in [5, 5.41) is 12.9. The maximum atomic E-state index is 12.1. The van der Waals surface area contributed by atoms with E-state index < -0.39 is 30.7 Å². The summed E-state index contributed by atoms with van der Waals surface area (Å²) in [6.45, 7) is -0.696. The van der Waals surface area contributed by atoms with Crippen molar-refractivity contribution in [2.24, 2.45) is 5.92 Å². The van der Waals surface area contributed by atoms with Crippen LogP contribution in [0.4, 0.5) is 26.3 Å². The molecule has 0 saturated carbocycles. The predicted octanol–water partition coefficient (Wildman–Crippen LogP) is 0.557. The highest BCUT2D eigenvalue weighted by molar-refractivity contribution is 5.80. The second-order valence-electron chi connectivity index (χ2n) is 3.06. The van der Waals surface area contributed by atoms with Gasteiger partial charge in [0.15, 0.2) is 5.82 Å². The van der Waals surface area contributed by atoms with Gasteiger partial charge in [0.05, 0.1) is 6.54 Å². The maximum absolute atomic E-state index is 12.1. The fourth-order valence-corrected chi connectivity index (χ4v) is 1.01. The van der Waals surface area contributed by atoms with Crippen molar-refractivity contribution in [1.82, 2.24) is 25.9 Å². The Morgan fingerprint density at radius 1 is 1.22 bits per heavy atom. The molecule has 1 rings (SSSR count). The number of tetrazole rings is 1. The fraction of sp³-hybridized carbons (Fsp3) is 0.667. The molecule has 102 valence electrons. The lowest BCUT2D eigenvalue weighted by Crippen LogP contribution is -2.47. The number of H-pyrrole nitrogens is 1. The Morgan fingerprint density at radius 3 is 2.17 bits per heavy atom. The summed E-state index contributed by atoms with van der Waals surface area (Å²) in [5.41, 5.74) is 0. The van der Waals surface area contributed by atoms with Crippen molar-refractivity contribution in [3.63, 3.8) is 0 Å². The first-order valence-corrected chi connectivity index (χ1v) is 4.26. The molecule has 6 nitrogen and oxygen atoms in total. The van der Waals surface area contributed by atoms with Gasteiger partial charge in [-0.1, -0.05) is 5.21 Å². The Labute approximate surface area is 94.7 Å². The highest BCUT2D eigenvalue weighted by Gasteiger charge is 2.61. The average molecular weight is 277 g/mol. The van der Waals surface area contributed by atoms with Crippen LogP contribution < -0.4 is 5.32 Å². The summed E-state index contributed by atoms with van der Waals surface area (Å²) in [7, 11) is 0. The summed E-state index contributed by atoms with van der Waals surface area (Å²) in [4.78, 5) is 10.9. The topological polar surface area (TPSA) is 83.6 Å². The number of nitrogens with zero attached hydrogens (tertiary/aromatic N) is 3. The number of carbonyl (C=O) groups is 1. The van der Waals surface area contributed by atoms with Crippen LogP contribution in [-0.2, 0) is 11.3 Å². The van der Waals surface area contributed by atoms with Gasteiger partial charge >= 0.3 is 12.4 Å². The van der Waals surface area contributed by atoms with E-state index in [0.29, 0.717) is 0 Å². The highest BCUT2D eigenvalue weighted by atomic mass is 19.4. The molecule has 0 saturated heterocycles. The minimum Gasteiger partial charge on any atom is -0.348 e. The van der Waals surface area contributed by atoms with Gasteiger partial charge in [-0.2, -0.15) is 31.6 Å². The van der Waals surface area contributed by atoms with Crippen LogP contribution in [-0.4, -0.2) is 38.9 Å². The molecule has 18 heavy (non-hydrogen) atoms. The second kappa shape index (κ2) is 4.78. The Kier molecular flexibility index (Phi) is 3.76. The Bertz CT molecular complexity index is 384. The maximum Gasteiger partial charge on any atom is 0.409 e. The van der Waals surface area contributed by atoms with Crippen molar-refractivity contribution in [3.05, 3.63) is 5.82 Å². The van der Waals surface area contributed by atoms with E-state index in [1.807, 2.05) is 5.21 Å². The van der Waals surface area contributed by atoms with Gasteiger partial charge in [0.25, 0.3) is 0 Å². The van der Waals surface area contributed by atoms with Crippen LogP contribution in [0.1, 0.15) is 5.82 Å². The van der Waals surface area contributed by atoms with Crippen molar-refractivity contribution in [3.8, 4) is 0 Å². The lowest BCUT2D eigenvalue weighted by atomic mass is 10.1. The van der Waals surface area contributed by atoms with E-state index in [1.165, 1.54) is 5.32 Å². The second-order valence-corrected chi connectivity index (χ2v) is 3.06. The third-order valence-electron chi connectivity index (χ3n) is 1.73. The number of hydrogen-bond donors (Lipinski definition) is 2. The smallest absolute Gasteiger partial charge is 0.348 e. The molecule has 2 N–H and O–H groups in total. The summed E-state index contributed by atoms with van der Waals surface area (Å²) in [5.74, 6) is -6.55. The van der Waals surface area contributed by atoms with Gasteiger partial charge in [-0.05, 0) is 0 Å². The molecule has 1 heterocycles. The van der Waals surface area contributed by atoms with E-state index in [2.05, 4.69) is 15.4 Å². The Balaban J connectivity index is 2.72. The van der Waals surface area contributed by atoms with Crippen molar-refractivity contribution in [1.29, 1.82) is 0 Å². The van der Waals surface area contributed by atoms with Crippen LogP contribution in [0, 0.1) is 5.92 Å². The first-order valence-electron chi connectivity index (χ1n) is 4.26. The van der Waals surface area contributed by atoms with E-state index in [9.17, 15) is 31.1 Å². The number of halogens is 6. The van der Waals surface area contributed by atoms with Gasteiger partial charge in [-0.3, -0.25) is 4.79 Å². The highest BCUT2D eigenvalue weighted by Crippen LogP contribution is 2.39. The van der Waals surface area contributed by atoms with Gasteiger partial charge in [0.2, 0.25) is 11.8 Å². The molecule has 0 unspecified atom stereocenters. The predicted molar refractivity (Wildman–Crippen MR) is 41.6 cm³/mol. The zero-order valence-electron chi connectivity index (χ0n) is 8.30. The van der Waals surface area contributed by atoms with Crippen LogP contribution in [0.15, 0.2) is 0 Å². The monoisotopic (exact) mass is 277 g/mol. The van der Waals surface area contributed by atoms with Gasteiger partial charge < -0.3 is 5.32 Å². The van der Waals surface area contributed by atoms with Crippen LogP contribution in [0.5, 0.6) is 0 Å². The minimum atomic E-state index is -5.72. The van der Waals surface area contributed by atoms with E-state index in [0.717, 1.165) is 0 Å². The van der Waals surface area contributed by atoms with Gasteiger partial charge in [-0.15, -0.1) is 10.2 Å². The molecule has 12 heteroatoms. The summed E-state index contributed by atoms with van der Waals surface area (Å²) >= 11 is 0. The normalized spacial score (nSPS) is 12.8. The lowest BCUT2D eigenvalue weighted by Gasteiger charge is -2.21. The molecule has 0 aromatic carbocycles. The van der Waals surface area contributed by atoms with Gasteiger partial charge in [0, 0.05) is 0 Å². The molecule has 0 aliphatic heterocycles. The lowest BCUT2D eigenvalue weighted by molar-refractivity contribution is -0.274. The first-order chi connectivity index (χ1) is 8.12. The zero-order valence-corrected chi connectivity index (χ0v) is 8.30. The number of nitrogens with one attached hydrogen (secondary N) is 2. The Morgan fingerprint density at radius 2 is 1.78 bits per heavy atom. The largest absolute Gasteiger partial charge is 0.409 e. The quantitative estimate of drug-likeness (QED) is 0.790. The summed E-state index contributed by atoms with van der Waals surface area (Å²) in [6.07, 6.45) is -11.4. The molecule has 0 aliphatic rings. The number of aromatic amines is 1. The first kappa shape index (κ1) is 14.2. The standard InChI is InChI=1S/C6H5F6N5O/c7-5(8,9)3(6(10,11)12)4(18)13-1-2-14-16-17-15-2/h3H,1H2,(H,13,18)(H,14,15,16,17). The molecule has 0 radical (unpaired) electrons. The van der Waals surface area contributed by atoms with Crippen molar-refractivity contribution in [2.75, 3.05) is 0 Å². The number of rotatable bonds is 3. The number of aromatic nitrogens is 4. The molecular formula is C6H5F6N5O. The molecule has 1 amide bonds. The fourth-order valence-electron chi connectivity index (χ4n) is 1.01. The molecule has 0 fully saturated rings. The molecule has 0 bridgehead atoms. The van der Waals surface area contributed by atoms with E-state index >= 15 is 0 Å². The average Bonchev–Trinajstić information content (AvgIpc) is 2.61. The summed E-state index contributed by atoms with van der Waals surface area (Å²) in [6, 6.07) is 0. The van der Waals surface area contributed by atoms with Crippen molar-refractivity contribution < 1.29 is 31.1 Å². The van der Waals surface area contributed by atoms with Crippen molar-refractivity contribution >= 4 is 5.91 Å². The van der Waals surface area contributed by atoms with Crippen LogP contribution in [0.3, 0.4) is 0 Å². The molecule has 1 aromatic heterocycles. The van der Waals surface area contributed by atoms with Gasteiger partial charge in [0.1, 0.15) is 0 Å². The number of amides is 1. The van der Waals surface area contributed by atoms with Crippen LogP contribution in [0.25, 0.3) is 0 Å². The third kappa shape index (κ3) is 3.56. The molecule has 0 spiro atoms.